The van der Waals surface area contributed by atoms with Crippen molar-refractivity contribution >= 4 is 23.3 Å². The SMILES string of the molecule is COc1cc(C(=O)NC2CCN(C)CC2)ccc1Nc1ncc(C(C)(C)C)c(C(C)=O)n1. The van der Waals surface area contributed by atoms with Gasteiger partial charge in [-0.15, -0.1) is 0 Å². The molecule has 8 heteroatoms. The zero-order valence-corrected chi connectivity index (χ0v) is 19.8. The van der Waals surface area contributed by atoms with Crippen LogP contribution in [-0.4, -0.2) is 59.8 Å². The minimum absolute atomic E-state index is 0.117. The van der Waals surface area contributed by atoms with E-state index in [1.165, 1.54) is 6.92 Å². The van der Waals surface area contributed by atoms with Crippen molar-refractivity contribution in [3.8, 4) is 5.75 Å². The van der Waals surface area contributed by atoms with Crippen LogP contribution in [0.25, 0.3) is 0 Å². The predicted molar refractivity (Wildman–Crippen MR) is 125 cm³/mol. The van der Waals surface area contributed by atoms with Gasteiger partial charge in [0, 0.05) is 30.3 Å². The van der Waals surface area contributed by atoms with Crippen molar-refractivity contribution in [1.82, 2.24) is 20.2 Å². The third-order valence-electron chi connectivity index (χ3n) is 5.69. The Morgan fingerprint density at radius 1 is 1.19 bits per heavy atom. The van der Waals surface area contributed by atoms with Gasteiger partial charge in [-0.05, 0) is 56.6 Å². The Kier molecular flexibility index (Phi) is 7.13. The van der Waals surface area contributed by atoms with Crippen LogP contribution in [0.3, 0.4) is 0 Å². The highest BCUT2D eigenvalue weighted by Crippen LogP contribution is 2.30. The fraction of sp³-hybridized carbons (Fsp3) is 0.500. The van der Waals surface area contributed by atoms with Gasteiger partial charge in [-0.2, -0.15) is 0 Å². The van der Waals surface area contributed by atoms with E-state index < -0.39 is 0 Å². The highest BCUT2D eigenvalue weighted by atomic mass is 16.5. The highest BCUT2D eigenvalue weighted by molar-refractivity contribution is 5.96. The molecule has 0 bridgehead atoms. The molecule has 0 spiro atoms. The van der Waals surface area contributed by atoms with E-state index in [1.807, 2.05) is 20.8 Å². The number of nitrogens with zero attached hydrogens (tertiary/aromatic N) is 3. The molecule has 32 heavy (non-hydrogen) atoms. The number of carbonyl (C=O) groups is 2. The van der Waals surface area contributed by atoms with Gasteiger partial charge in [0.2, 0.25) is 5.95 Å². The lowest BCUT2D eigenvalue weighted by Gasteiger charge is -2.29. The van der Waals surface area contributed by atoms with Crippen molar-refractivity contribution in [3.63, 3.8) is 0 Å². The smallest absolute Gasteiger partial charge is 0.251 e. The maximum Gasteiger partial charge on any atom is 0.251 e. The molecule has 1 amide bonds. The number of methoxy groups -OCH3 is 1. The van der Waals surface area contributed by atoms with Gasteiger partial charge in [0.25, 0.3) is 5.91 Å². The summed E-state index contributed by atoms with van der Waals surface area (Å²) in [5.74, 6) is 0.557. The molecule has 172 valence electrons. The van der Waals surface area contributed by atoms with Crippen molar-refractivity contribution in [2.75, 3.05) is 32.6 Å². The zero-order chi connectivity index (χ0) is 23.5. The van der Waals surface area contributed by atoms with Crippen molar-refractivity contribution < 1.29 is 14.3 Å². The molecular formula is C24H33N5O3. The zero-order valence-electron chi connectivity index (χ0n) is 19.8. The number of ether oxygens (including phenoxy) is 1. The minimum atomic E-state index is -0.250. The summed E-state index contributed by atoms with van der Waals surface area (Å²) in [5, 5.41) is 6.23. The van der Waals surface area contributed by atoms with Crippen molar-refractivity contribution in [2.45, 2.75) is 52.0 Å². The summed E-state index contributed by atoms with van der Waals surface area (Å²) in [7, 11) is 3.64. The molecule has 1 aromatic carbocycles. The number of amides is 1. The molecule has 1 aromatic heterocycles. The van der Waals surface area contributed by atoms with E-state index >= 15 is 0 Å². The number of likely N-dealkylation sites (tertiary alicyclic amines) is 1. The third kappa shape index (κ3) is 5.62. The van der Waals surface area contributed by atoms with Crippen LogP contribution in [0, 0.1) is 0 Å². The molecule has 2 aromatic rings. The van der Waals surface area contributed by atoms with Crippen LogP contribution >= 0.6 is 0 Å². The normalized spacial score (nSPS) is 15.3. The maximum atomic E-state index is 12.7. The molecule has 1 fully saturated rings. The molecule has 0 atom stereocenters. The Hall–Kier alpha value is -3.00. The first-order chi connectivity index (χ1) is 15.1. The molecule has 1 aliphatic rings. The fourth-order valence-corrected chi connectivity index (χ4v) is 3.74. The second-order valence-corrected chi connectivity index (χ2v) is 9.35. The van der Waals surface area contributed by atoms with Crippen LogP contribution in [0.2, 0.25) is 0 Å². The van der Waals surface area contributed by atoms with Crippen LogP contribution in [0.1, 0.15) is 66.9 Å². The number of piperidine rings is 1. The first kappa shape index (κ1) is 23.7. The van der Waals surface area contributed by atoms with Crippen LogP contribution in [-0.2, 0) is 5.41 Å². The first-order valence-electron chi connectivity index (χ1n) is 10.9. The number of rotatable bonds is 6. The Bertz CT molecular complexity index is 992. The van der Waals surface area contributed by atoms with E-state index in [1.54, 1.807) is 31.5 Å². The van der Waals surface area contributed by atoms with Crippen LogP contribution in [0.15, 0.2) is 24.4 Å². The van der Waals surface area contributed by atoms with Gasteiger partial charge < -0.3 is 20.3 Å². The van der Waals surface area contributed by atoms with Gasteiger partial charge in [-0.25, -0.2) is 9.97 Å². The Balaban J connectivity index is 1.78. The lowest BCUT2D eigenvalue weighted by molar-refractivity contribution is 0.0916. The largest absolute Gasteiger partial charge is 0.495 e. The fourth-order valence-electron chi connectivity index (χ4n) is 3.74. The molecule has 0 saturated carbocycles. The number of hydrogen-bond donors (Lipinski definition) is 2. The molecule has 8 nitrogen and oxygen atoms in total. The third-order valence-corrected chi connectivity index (χ3v) is 5.69. The monoisotopic (exact) mass is 439 g/mol. The second kappa shape index (κ2) is 9.65. The van der Waals surface area contributed by atoms with Gasteiger partial charge in [-0.3, -0.25) is 9.59 Å². The lowest BCUT2D eigenvalue weighted by Crippen LogP contribution is -2.43. The molecule has 2 heterocycles. The summed E-state index contributed by atoms with van der Waals surface area (Å²) in [6, 6.07) is 5.38. The highest BCUT2D eigenvalue weighted by Gasteiger charge is 2.23. The average Bonchev–Trinajstić information content (AvgIpc) is 2.74. The number of benzene rings is 1. The molecule has 3 rings (SSSR count). The number of anilines is 2. The van der Waals surface area contributed by atoms with Gasteiger partial charge in [0.1, 0.15) is 11.4 Å². The number of Topliss-reactive ketones (excluding diaryl/α,β-unsaturated/α-hetero) is 1. The van der Waals surface area contributed by atoms with Gasteiger partial charge in [-0.1, -0.05) is 20.8 Å². The number of nitrogens with one attached hydrogen (secondary N) is 2. The van der Waals surface area contributed by atoms with E-state index in [2.05, 4.69) is 32.5 Å². The minimum Gasteiger partial charge on any atom is -0.495 e. The molecule has 0 unspecified atom stereocenters. The number of carbonyl (C=O) groups excluding carboxylic acids is 2. The number of ketones is 1. The van der Waals surface area contributed by atoms with Crippen molar-refractivity contribution in [3.05, 3.63) is 41.2 Å². The number of hydrogen-bond acceptors (Lipinski definition) is 7. The molecule has 1 saturated heterocycles. The summed E-state index contributed by atoms with van der Waals surface area (Å²) in [5.41, 5.74) is 2.08. The molecule has 1 aliphatic heterocycles. The van der Waals surface area contributed by atoms with Crippen LogP contribution in [0.4, 0.5) is 11.6 Å². The van der Waals surface area contributed by atoms with E-state index in [9.17, 15) is 9.59 Å². The average molecular weight is 440 g/mol. The van der Waals surface area contributed by atoms with Gasteiger partial charge in [0.15, 0.2) is 5.78 Å². The van der Waals surface area contributed by atoms with E-state index in [0.29, 0.717) is 28.6 Å². The van der Waals surface area contributed by atoms with Crippen LogP contribution < -0.4 is 15.4 Å². The molecular weight excluding hydrogens is 406 g/mol. The topological polar surface area (TPSA) is 96.5 Å². The van der Waals surface area contributed by atoms with Gasteiger partial charge >= 0.3 is 0 Å². The second-order valence-electron chi connectivity index (χ2n) is 9.35. The first-order valence-corrected chi connectivity index (χ1v) is 10.9. The van der Waals surface area contributed by atoms with Crippen molar-refractivity contribution in [2.24, 2.45) is 0 Å². The van der Waals surface area contributed by atoms with E-state index in [-0.39, 0.29) is 23.1 Å². The van der Waals surface area contributed by atoms with E-state index in [4.69, 9.17) is 4.74 Å². The Morgan fingerprint density at radius 3 is 2.47 bits per heavy atom. The number of aromatic nitrogens is 2. The van der Waals surface area contributed by atoms with Crippen LogP contribution in [0.5, 0.6) is 5.75 Å². The molecule has 0 aliphatic carbocycles. The molecule has 2 N–H and O–H groups in total. The Labute approximate surface area is 189 Å². The molecule has 0 radical (unpaired) electrons. The summed E-state index contributed by atoms with van der Waals surface area (Å²) in [4.78, 5) is 36.0. The predicted octanol–water partition coefficient (Wildman–Crippen LogP) is 3.55. The Morgan fingerprint density at radius 2 is 1.88 bits per heavy atom. The van der Waals surface area contributed by atoms with E-state index in [0.717, 1.165) is 31.5 Å². The van der Waals surface area contributed by atoms with Gasteiger partial charge in [0.05, 0.1) is 12.8 Å². The summed E-state index contributed by atoms with van der Waals surface area (Å²) in [6.45, 7) is 9.51. The summed E-state index contributed by atoms with van der Waals surface area (Å²) in [6.07, 6.45) is 3.57. The summed E-state index contributed by atoms with van der Waals surface area (Å²) < 4.78 is 5.50. The standard InChI is InChI=1S/C24H33N5O3/c1-15(30)21-18(24(2,3)4)14-25-23(28-21)27-19-8-7-16(13-20(19)32-6)22(31)26-17-9-11-29(5)12-10-17/h7-8,13-14,17H,9-12H2,1-6H3,(H,26,31)(H,25,27,28). The summed E-state index contributed by atoms with van der Waals surface area (Å²) >= 11 is 0. The quantitative estimate of drug-likeness (QED) is 0.665. The maximum absolute atomic E-state index is 12.7. The lowest BCUT2D eigenvalue weighted by atomic mass is 9.86. The van der Waals surface area contributed by atoms with Crippen molar-refractivity contribution in [1.29, 1.82) is 0 Å².